The van der Waals surface area contributed by atoms with Crippen molar-refractivity contribution in [2.45, 2.75) is 71.9 Å². The van der Waals surface area contributed by atoms with E-state index in [1.165, 1.54) is 49.9 Å². The van der Waals surface area contributed by atoms with Crippen molar-refractivity contribution in [3.05, 3.63) is 54.1 Å². The average molecular weight is 299 g/mol. The first-order chi connectivity index (χ1) is 10.8. The fourth-order valence-electron chi connectivity index (χ4n) is 2.92. The Morgan fingerprint density at radius 3 is 2.41 bits per heavy atom. The summed E-state index contributed by atoms with van der Waals surface area (Å²) >= 11 is 0. The molecule has 0 radical (unpaired) electrons. The van der Waals surface area contributed by atoms with Gasteiger partial charge in [0.2, 0.25) is 0 Å². The zero-order valence-electron chi connectivity index (χ0n) is 14.3. The molecular weight excluding hydrogens is 268 g/mol. The second kappa shape index (κ2) is 9.45. The molecule has 120 valence electrons. The summed E-state index contributed by atoms with van der Waals surface area (Å²) in [6, 6.07) is 10.8. The van der Waals surface area contributed by atoms with Gasteiger partial charge in [-0.25, -0.2) is 9.13 Å². The number of aryl methyl sites for hydroxylation is 2. The van der Waals surface area contributed by atoms with E-state index < -0.39 is 0 Å². The molecule has 0 N–H and O–H groups in total. The number of hydrogen-bond donors (Lipinski definition) is 0. The van der Waals surface area contributed by atoms with Gasteiger partial charge in [-0.2, -0.15) is 0 Å². The summed E-state index contributed by atoms with van der Waals surface area (Å²) in [6.45, 7) is 6.83. The lowest BCUT2D eigenvalue weighted by Crippen LogP contribution is -2.37. The quantitative estimate of drug-likeness (QED) is 0.442. The summed E-state index contributed by atoms with van der Waals surface area (Å²) in [7, 11) is 0. The average Bonchev–Trinajstić information content (AvgIpc) is 2.92. The van der Waals surface area contributed by atoms with E-state index >= 15 is 0 Å². The van der Waals surface area contributed by atoms with E-state index in [-0.39, 0.29) is 0 Å². The third-order valence-electron chi connectivity index (χ3n) is 4.30. The molecule has 0 atom stereocenters. The van der Waals surface area contributed by atoms with Crippen molar-refractivity contribution in [2.24, 2.45) is 0 Å². The molecule has 0 unspecified atom stereocenters. The van der Waals surface area contributed by atoms with Crippen LogP contribution in [0.3, 0.4) is 0 Å². The SMILES string of the molecule is CCCCCC[n+]1ccn(CCCC)c1Cc1ccccc1. The Morgan fingerprint density at radius 2 is 1.68 bits per heavy atom. The lowest BCUT2D eigenvalue weighted by molar-refractivity contribution is -0.703. The van der Waals surface area contributed by atoms with Crippen LogP contribution in [0.1, 0.15) is 63.8 Å². The van der Waals surface area contributed by atoms with Crippen LogP contribution in [-0.2, 0) is 19.5 Å². The highest BCUT2D eigenvalue weighted by Gasteiger charge is 2.17. The van der Waals surface area contributed by atoms with Crippen molar-refractivity contribution < 1.29 is 4.57 Å². The van der Waals surface area contributed by atoms with Crippen LogP contribution in [0, 0.1) is 0 Å². The van der Waals surface area contributed by atoms with Gasteiger partial charge in [0, 0.05) is 0 Å². The third kappa shape index (κ3) is 5.01. The van der Waals surface area contributed by atoms with Crippen LogP contribution in [-0.4, -0.2) is 4.57 Å². The second-order valence-corrected chi connectivity index (χ2v) is 6.18. The number of hydrogen-bond acceptors (Lipinski definition) is 0. The molecule has 0 bridgehead atoms. The van der Waals surface area contributed by atoms with Crippen LogP contribution in [0.25, 0.3) is 0 Å². The largest absolute Gasteiger partial charge is 0.260 e. The zero-order chi connectivity index (χ0) is 15.6. The fourth-order valence-corrected chi connectivity index (χ4v) is 2.92. The van der Waals surface area contributed by atoms with E-state index in [1.807, 2.05) is 0 Å². The van der Waals surface area contributed by atoms with Gasteiger partial charge in [0.1, 0.15) is 12.4 Å². The molecule has 0 aliphatic rings. The number of aromatic nitrogens is 2. The van der Waals surface area contributed by atoms with Gasteiger partial charge in [0.05, 0.1) is 19.5 Å². The van der Waals surface area contributed by atoms with Crippen molar-refractivity contribution in [1.82, 2.24) is 4.57 Å². The molecule has 1 heterocycles. The van der Waals surface area contributed by atoms with Crippen molar-refractivity contribution in [3.63, 3.8) is 0 Å². The van der Waals surface area contributed by atoms with Gasteiger partial charge in [-0.1, -0.05) is 63.4 Å². The Bertz CT molecular complexity index is 528. The summed E-state index contributed by atoms with van der Waals surface area (Å²) < 4.78 is 4.93. The minimum atomic E-state index is 1.03. The maximum Gasteiger partial charge on any atom is 0.260 e. The highest BCUT2D eigenvalue weighted by atomic mass is 15.1. The van der Waals surface area contributed by atoms with E-state index in [0.717, 1.165) is 19.5 Å². The van der Waals surface area contributed by atoms with Crippen LogP contribution in [0.5, 0.6) is 0 Å². The van der Waals surface area contributed by atoms with Crippen LogP contribution in [0.2, 0.25) is 0 Å². The van der Waals surface area contributed by atoms with E-state index in [1.54, 1.807) is 0 Å². The molecule has 2 heteroatoms. The minimum absolute atomic E-state index is 1.03. The standard InChI is InChI=1S/C20H31N2/c1-3-5-7-11-15-22-17-16-21(14-6-4-2)20(22)18-19-12-9-8-10-13-19/h8-10,12-13,16-17H,3-7,11,14-15,18H2,1-2H3/q+1. The van der Waals surface area contributed by atoms with Gasteiger partial charge in [-0.05, 0) is 24.8 Å². The summed E-state index contributed by atoms with van der Waals surface area (Å²) in [5.41, 5.74) is 1.40. The van der Waals surface area contributed by atoms with Crippen molar-refractivity contribution >= 4 is 0 Å². The van der Waals surface area contributed by atoms with E-state index in [0.29, 0.717) is 0 Å². The Labute approximate surface area is 135 Å². The van der Waals surface area contributed by atoms with Gasteiger partial charge >= 0.3 is 0 Å². The number of nitrogens with zero attached hydrogens (tertiary/aromatic N) is 2. The summed E-state index contributed by atoms with van der Waals surface area (Å²) in [5.74, 6) is 1.45. The maximum absolute atomic E-state index is 2.47. The molecule has 2 nitrogen and oxygen atoms in total. The first-order valence-electron chi connectivity index (χ1n) is 8.96. The van der Waals surface area contributed by atoms with E-state index in [9.17, 15) is 0 Å². The molecular formula is C20H31N2+. The van der Waals surface area contributed by atoms with Gasteiger partial charge < -0.3 is 0 Å². The summed E-state index contributed by atoms with van der Waals surface area (Å²) in [5, 5.41) is 0. The topological polar surface area (TPSA) is 8.81 Å². The fraction of sp³-hybridized carbons (Fsp3) is 0.550. The van der Waals surface area contributed by atoms with Gasteiger partial charge in [-0.15, -0.1) is 0 Å². The number of unbranched alkanes of at least 4 members (excludes halogenated alkanes) is 4. The molecule has 1 aromatic heterocycles. The van der Waals surface area contributed by atoms with E-state index in [2.05, 4.69) is 65.7 Å². The first-order valence-corrected chi connectivity index (χ1v) is 8.96. The predicted octanol–water partition coefficient (Wildman–Crippen LogP) is 4.75. The van der Waals surface area contributed by atoms with Crippen LogP contribution >= 0.6 is 0 Å². The molecule has 0 saturated carbocycles. The summed E-state index contributed by atoms with van der Waals surface area (Å²) in [6.07, 6.45) is 13.4. The second-order valence-electron chi connectivity index (χ2n) is 6.18. The van der Waals surface area contributed by atoms with Crippen molar-refractivity contribution in [2.75, 3.05) is 0 Å². The molecule has 0 aliphatic carbocycles. The Morgan fingerprint density at radius 1 is 0.909 bits per heavy atom. The molecule has 1 aromatic carbocycles. The molecule has 0 aliphatic heterocycles. The number of benzene rings is 1. The van der Waals surface area contributed by atoms with E-state index in [4.69, 9.17) is 0 Å². The maximum atomic E-state index is 2.47. The first kappa shape index (κ1) is 16.8. The molecule has 2 aromatic rings. The molecule has 22 heavy (non-hydrogen) atoms. The zero-order valence-corrected chi connectivity index (χ0v) is 14.3. The van der Waals surface area contributed by atoms with Crippen LogP contribution in [0.4, 0.5) is 0 Å². The molecule has 0 saturated heterocycles. The normalized spacial score (nSPS) is 11.0. The van der Waals surface area contributed by atoms with Crippen molar-refractivity contribution in [1.29, 1.82) is 0 Å². The predicted molar refractivity (Wildman–Crippen MR) is 92.9 cm³/mol. The monoisotopic (exact) mass is 299 g/mol. The number of imidazole rings is 1. The van der Waals surface area contributed by atoms with Gasteiger partial charge in [0.25, 0.3) is 5.82 Å². The van der Waals surface area contributed by atoms with Gasteiger partial charge in [-0.3, -0.25) is 0 Å². The molecule has 2 rings (SSSR count). The number of rotatable bonds is 10. The Balaban J connectivity index is 2.09. The lowest BCUT2D eigenvalue weighted by atomic mass is 10.1. The van der Waals surface area contributed by atoms with Crippen LogP contribution in [0.15, 0.2) is 42.7 Å². The highest BCUT2D eigenvalue weighted by molar-refractivity contribution is 5.18. The van der Waals surface area contributed by atoms with Crippen molar-refractivity contribution in [3.8, 4) is 0 Å². The Kier molecular flexibility index (Phi) is 7.21. The third-order valence-corrected chi connectivity index (χ3v) is 4.30. The highest BCUT2D eigenvalue weighted by Crippen LogP contribution is 2.09. The molecule has 0 spiro atoms. The molecule has 0 fully saturated rings. The smallest absolute Gasteiger partial charge is 0.234 e. The summed E-state index contributed by atoms with van der Waals surface area (Å²) in [4.78, 5) is 0. The van der Waals surface area contributed by atoms with Gasteiger partial charge in [0.15, 0.2) is 0 Å². The lowest BCUT2D eigenvalue weighted by Gasteiger charge is -2.06. The Hall–Kier alpha value is -1.57. The van der Waals surface area contributed by atoms with Crippen LogP contribution < -0.4 is 4.57 Å². The minimum Gasteiger partial charge on any atom is -0.234 e. The molecule has 0 amide bonds.